The molecule has 1 aliphatic rings. The van der Waals surface area contributed by atoms with Gasteiger partial charge in [0.25, 0.3) is 0 Å². The number of ether oxygens (including phenoxy) is 2. The largest absolute Gasteiger partial charge is 0.508 e. The molecule has 116 valence electrons. The molecule has 0 aromatic heterocycles. The van der Waals surface area contributed by atoms with E-state index in [1.807, 2.05) is 24.3 Å². The highest BCUT2D eigenvalue weighted by Gasteiger charge is 2.17. The number of hydrogen-bond donors (Lipinski definition) is 2. The molecule has 0 fully saturated rings. The average Bonchev–Trinajstić information content (AvgIpc) is 2.52. The summed E-state index contributed by atoms with van der Waals surface area (Å²) in [6.07, 6.45) is 0. The van der Waals surface area contributed by atoms with Crippen molar-refractivity contribution >= 4 is 15.9 Å². The summed E-state index contributed by atoms with van der Waals surface area (Å²) in [6.45, 7) is 3.94. The minimum Gasteiger partial charge on any atom is -0.508 e. The SMILES string of the molecule is CC(NCc1cccc(O)c1)c1cc2c(cc1Br)OCCO2. The molecule has 0 bridgehead atoms. The normalized spacial score (nSPS) is 14.6. The van der Waals surface area contributed by atoms with Gasteiger partial charge >= 0.3 is 0 Å². The van der Waals surface area contributed by atoms with Gasteiger partial charge in [0.05, 0.1) is 0 Å². The fraction of sp³-hybridized carbons (Fsp3) is 0.294. The van der Waals surface area contributed by atoms with Crippen LogP contribution in [0.2, 0.25) is 0 Å². The number of aromatic hydroxyl groups is 1. The molecule has 0 amide bonds. The molecule has 0 spiro atoms. The minimum atomic E-state index is 0.132. The number of phenols is 1. The molecule has 3 rings (SSSR count). The van der Waals surface area contributed by atoms with Crippen LogP contribution in [0.3, 0.4) is 0 Å². The molecule has 1 heterocycles. The first-order valence-electron chi connectivity index (χ1n) is 7.24. The number of phenolic OH excluding ortho intramolecular Hbond substituents is 1. The lowest BCUT2D eigenvalue weighted by molar-refractivity contribution is 0.171. The second kappa shape index (κ2) is 6.58. The monoisotopic (exact) mass is 363 g/mol. The average molecular weight is 364 g/mol. The zero-order chi connectivity index (χ0) is 15.5. The number of nitrogens with one attached hydrogen (secondary N) is 1. The van der Waals surface area contributed by atoms with Crippen molar-refractivity contribution in [1.82, 2.24) is 5.32 Å². The van der Waals surface area contributed by atoms with Crippen molar-refractivity contribution in [3.05, 3.63) is 52.0 Å². The Hall–Kier alpha value is -1.72. The molecule has 5 heteroatoms. The lowest BCUT2D eigenvalue weighted by Crippen LogP contribution is -2.20. The standard InChI is InChI=1S/C17H18BrNO3/c1-11(19-10-12-3-2-4-13(20)7-12)14-8-16-17(9-15(14)18)22-6-5-21-16/h2-4,7-9,11,19-20H,5-6,10H2,1H3. The number of fused-ring (bicyclic) bond motifs is 1. The van der Waals surface area contributed by atoms with Crippen LogP contribution in [0.25, 0.3) is 0 Å². The van der Waals surface area contributed by atoms with Gasteiger partial charge in [0, 0.05) is 17.1 Å². The fourth-order valence-electron chi connectivity index (χ4n) is 2.46. The Morgan fingerprint density at radius 1 is 1.18 bits per heavy atom. The highest BCUT2D eigenvalue weighted by Crippen LogP contribution is 2.37. The molecular weight excluding hydrogens is 346 g/mol. The number of benzene rings is 2. The van der Waals surface area contributed by atoms with Crippen LogP contribution in [0.5, 0.6) is 17.2 Å². The Kier molecular flexibility index (Phi) is 4.55. The van der Waals surface area contributed by atoms with Crippen molar-refractivity contribution in [2.24, 2.45) is 0 Å². The molecule has 2 aromatic rings. The van der Waals surface area contributed by atoms with Gasteiger partial charge in [-0.2, -0.15) is 0 Å². The Morgan fingerprint density at radius 2 is 1.91 bits per heavy atom. The van der Waals surface area contributed by atoms with Crippen molar-refractivity contribution in [3.8, 4) is 17.2 Å². The van der Waals surface area contributed by atoms with Gasteiger partial charge in [-0.1, -0.05) is 28.1 Å². The van der Waals surface area contributed by atoms with Gasteiger partial charge in [-0.05, 0) is 42.3 Å². The summed E-state index contributed by atoms with van der Waals surface area (Å²) in [5.74, 6) is 1.85. The second-order valence-corrected chi connectivity index (χ2v) is 6.14. The van der Waals surface area contributed by atoms with Crippen LogP contribution in [0.4, 0.5) is 0 Å². The fourth-order valence-corrected chi connectivity index (χ4v) is 3.12. The van der Waals surface area contributed by atoms with E-state index in [0.29, 0.717) is 19.8 Å². The molecule has 1 aliphatic heterocycles. The molecule has 0 saturated carbocycles. The third-order valence-electron chi connectivity index (χ3n) is 3.65. The summed E-state index contributed by atoms with van der Waals surface area (Å²) >= 11 is 3.60. The summed E-state index contributed by atoms with van der Waals surface area (Å²) in [5.41, 5.74) is 2.16. The van der Waals surface area contributed by atoms with Crippen LogP contribution in [-0.2, 0) is 6.54 Å². The van der Waals surface area contributed by atoms with E-state index >= 15 is 0 Å². The van der Waals surface area contributed by atoms with Crippen molar-refractivity contribution in [2.75, 3.05) is 13.2 Å². The van der Waals surface area contributed by atoms with Crippen molar-refractivity contribution in [3.63, 3.8) is 0 Å². The smallest absolute Gasteiger partial charge is 0.162 e. The van der Waals surface area contributed by atoms with Crippen LogP contribution in [0.1, 0.15) is 24.1 Å². The molecule has 0 saturated heterocycles. The van der Waals surface area contributed by atoms with Crippen LogP contribution < -0.4 is 14.8 Å². The zero-order valence-electron chi connectivity index (χ0n) is 12.3. The number of rotatable bonds is 4. The van der Waals surface area contributed by atoms with E-state index in [1.54, 1.807) is 12.1 Å². The molecule has 2 N–H and O–H groups in total. The summed E-state index contributed by atoms with van der Waals surface area (Å²) in [6, 6.07) is 11.4. The molecular formula is C17H18BrNO3. The Labute approximate surface area is 138 Å². The van der Waals surface area contributed by atoms with E-state index in [0.717, 1.165) is 27.1 Å². The van der Waals surface area contributed by atoms with Gasteiger partial charge in [0.15, 0.2) is 11.5 Å². The number of hydrogen-bond acceptors (Lipinski definition) is 4. The lowest BCUT2D eigenvalue weighted by atomic mass is 10.1. The van der Waals surface area contributed by atoms with Crippen molar-refractivity contribution in [1.29, 1.82) is 0 Å². The third-order valence-corrected chi connectivity index (χ3v) is 4.34. The van der Waals surface area contributed by atoms with Crippen molar-refractivity contribution < 1.29 is 14.6 Å². The van der Waals surface area contributed by atoms with Crippen LogP contribution >= 0.6 is 15.9 Å². The molecule has 1 unspecified atom stereocenters. The highest BCUT2D eigenvalue weighted by atomic mass is 79.9. The predicted molar refractivity (Wildman–Crippen MR) is 88.5 cm³/mol. The predicted octanol–water partition coefficient (Wildman–Crippen LogP) is 3.78. The van der Waals surface area contributed by atoms with Gasteiger partial charge in [0.2, 0.25) is 0 Å². The quantitative estimate of drug-likeness (QED) is 0.867. The van der Waals surface area contributed by atoms with Gasteiger partial charge < -0.3 is 19.9 Å². The minimum absolute atomic E-state index is 0.132. The maximum atomic E-state index is 9.51. The van der Waals surface area contributed by atoms with E-state index in [2.05, 4.69) is 28.2 Å². The van der Waals surface area contributed by atoms with Crippen LogP contribution in [0, 0.1) is 0 Å². The van der Waals surface area contributed by atoms with Crippen molar-refractivity contribution in [2.45, 2.75) is 19.5 Å². The first kappa shape index (κ1) is 15.2. The first-order valence-corrected chi connectivity index (χ1v) is 8.03. The van der Waals surface area contributed by atoms with Crippen LogP contribution in [0.15, 0.2) is 40.9 Å². The van der Waals surface area contributed by atoms with E-state index < -0.39 is 0 Å². The summed E-state index contributed by atoms with van der Waals surface area (Å²) < 4.78 is 12.2. The topological polar surface area (TPSA) is 50.7 Å². The number of halogens is 1. The molecule has 0 radical (unpaired) electrons. The molecule has 1 atom stereocenters. The maximum absolute atomic E-state index is 9.51. The third kappa shape index (κ3) is 3.36. The second-order valence-electron chi connectivity index (χ2n) is 5.29. The van der Waals surface area contributed by atoms with Gasteiger partial charge in [-0.3, -0.25) is 0 Å². The van der Waals surface area contributed by atoms with E-state index in [-0.39, 0.29) is 11.8 Å². The Morgan fingerprint density at radius 3 is 2.64 bits per heavy atom. The Bertz CT molecular complexity index is 675. The lowest BCUT2D eigenvalue weighted by Gasteiger charge is -2.22. The van der Waals surface area contributed by atoms with E-state index in [9.17, 15) is 5.11 Å². The molecule has 22 heavy (non-hydrogen) atoms. The van der Waals surface area contributed by atoms with E-state index in [4.69, 9.17) is 9.47 Å². The summed E-state index contributed by atoms with van der Waals surface area (Å²) in [5, 5.41) is 13.0. The molecule has 2 aromatic carbocycles. The highest BCUT2D eigenvalue weighted by molar-refractivity contribution is 9.10. The summed E-state index contributed by atoms with van der Waals surface area (Å²) in [7, 11) is 0. The molecule has 4 nitrogen and oxygen atoms in total. The maximum Gasteiger partial charge on any atom is 0.162 e. The van der Waals surface area contributed by atoms with Crippen LogP contribution in [-0.4, -0.2) is 18.3 Å². The zero-order valence-corrected chi connectivity index (χ0v) is 13.9. The van der Waals surface area contributed by atoms with Gasteiger partial charge in [-0.25, -0.2) is 0 Å². The molecule has 0 aliphatic carbocycles. The van der Waals surface area contributed by atoms with E-state index in [1.165, 1.54) is 0 Å². The van der Waals surface area contributed by atoms with Gasteiger partial charge in [-0.15, -0.1) is 0 Å². The summed E-state index contributed by atoms with van der Waals surface area (Å²) in [4.78, 5) is 0. The van der Waals surface area contributed by atoms with Gasteiger partial charge in [0.1, 0.15) is 19.0 Å². The Balaban J connectivity index is 1.73. The first-order chi connectivity index (χ1) is 10.6.